The van der Waals surface area contributed by atoms with E-state index in [1.165, 1.54) is 11.6 Å². The number of carbonyl (C=O) groups is 3. The summed E-state index contributed by atoms with van der Waals surface area (Å²) in [5.41, 5.74) is 6.31. The first-order valence-corrected chi connectivity index (χ1v) is 13.8. The van der Waals surface area contributed by atoms with Crippen LogP contribution < -0.4 is 11.1 Å². The van der Waals surface area contributed by atoms with E-state index in [-0.39, 0.29) is 36.1 Å². The second kappa shape index (κ2) is 10.3. The third-order valence-electron chi connectivity index (χ3n) is 8.71. The number of phenolic OH excluding ortho intramolecular Hbond substituents is 1. The van der Waals surface area contributed by atoms with Crippen LogP contribution in [0.3, 0.4) is 0 Å². The Morgan fingerprint density at radius 2 is 1.57 bits per heavy atom. The van der Waals surface area contributed by atoms with Crippen molar-refractivity contribution in [1.29, 1.82) is 0 Å². The van der Waals surface area contributed by atoms with Crippen molar-refractivity contribution in [3.8, 4) is 16.9 Å². The Labute approximate surface area is 241 Å². The fraction of sp³-hybridized carbons (Fsp3) is 0.242. The summed E-state index contributed by atoms with van der Waals surface area (Å²) in [4.78, 5) is 38.1. The molecule has 3 aliphatic carbocycles. The number of nitrogens with one attached hydrogen (secondary N) is 1. The smallest absolute Gasteiger partial charge is 0.255 e. The van der Waals surface area contributed by atoms with E-state index in [0.717, 1.165) is 23.2 Å². The molecule has 1 fully saturated rings. The van der Waals surface area contributed by atoms with Crippen molar-refractivity contribution >= 4 is 23.2 Å². The van der Waals surface area contributed by atoms with Gasteiger partial charge >= 0.3 is 0 Å². The van der Waals surface area contributed by atoms with E-state index in [9.17, 15) is 34.8 Å². The van der Waals surface area contributed by atoms with E-state index in [0.29, 0.717) is 12.1 Å². The second-order valence-corrected chi connectivity index (χ2v) is 11.2. The average Bonchev–Trinajstić information content (AvgIpc) is 2.96. The number of rotatable bonds is 6. The first-order valence-electron chi connectivity index (χ1n) is 13.8. The molecule has 7 N–H and O–H groups in total. The third-order valence-corrected chi connectivity index (χ3v) is 8.71. The monoisotopic (exact) mass is 566 g/mol. The maximum absolute atomic E-state index is 13.7. The van der Waals surface area contributed by atoms with Gasteiger partial charge in [-0.25, -0.2) is 0 Å². The van der Waals surface area contributed by atoms with Crippen molar-refractivity contribution in [2.75, 3.05) is 0 Å². The van der Waals surface area contributed by atoms with Crippen molar-refractivity contribution in [3.63, 3.8) is 0 Å². The van der Waals surface area contributed by atoms with Crippen LogP contribution in [0.4, 0.5) is 0 Å². The Balaban J connectivity index is 1.33. The van der Waals surface area contributed by atoms with Gasteiger partial charge in [-0.15, -0.1) is 0 Å². The number of Topliss-reactive ketones (excluding diaryl/α,β-unsaturated/α-hetero) is 2. The lowest BCUT2D eigenvalue weighted by molar-refractivity contribution is -0.147. The molecular formula is C33H30N2O7. The zero-order chi connectivity index (χ0) is 29.8. The molecule has 3 atom stereocenters. The van der Waals surface area contributed by atoms with Gasteiger partial charge in [0, 0.05) is 31.0 Å². The van der Waals surface area contributed by atoms with Gasteiger partial charge in [-0.1, -0.05) is 60.7 Å². The number of aliphatic hydroxyl groups excluding tert-OH is 2. The second-order valence-electron chi connectivity index (χ2n) is 11.2. The van der Waals surface area contributed by atoms with Gasteiger partial charge in [-0.3, -0.25) is 14.4 Å². The van der Waals surface area contributed by atoms with Crippen molar-refractivity contribution in [2.24, 2.45) is 17.6 Å². The molecule has 0 bridgehead atoms. The van der Waals surface area contributed by atoms with Crippen LogP contribution in [0.1, 0.15) is 35.1 Å². The zero-order valence-corrected chi connectivity index (χ0v) is 22.6. The number of aromatic hydroxyl groups is 1. The summed E-state index contributed by atoms with van der Waals surface area (Å²) < 4.78 is 0. The molecule has 0 aliphatic heterocycles. The van der Waals surface area contributed by atoms with Crippen LogP contribution in [0.2, 0.25) is 0 Å². The fourth-order valence-corrected chi connectivity index (χ4v) is 6.64. The number of carbonyl (C=O) groups excluding carboxylic acids is 3. The van der Waals surface area contributed by atoms with Crippen molar-refractivity contribution in [1.82, 2.24) is 5.32 Å². The molecule has 3 aromatic rings. The summed E-state index contributed by atoms with van der Waals surface area (Å²) in [6, 6.07) is 21.2. The SMILES string of the molecule is NC(=O)C1=C(O)C2(O)C(=O)C3=C(O)c4c(O)ccc(-c5ccc(CNCc6ccccc6)cc5)c4CC3CC2CC1=O. The van der Waals surface area contributed by atoms with E-state index < -0.39 is 52.0 Å². The Kier molecular flexibility index (Phi) is 6.71. The average molecular weight is 567 g/mol. The predicted molar refractivity (Wildman–Crippen MR) is 154 cm³/mol. The summed E-state index contributed by atoms with van der Waals surface area (Å²) in [6.07, 6.45) is -0.0167. The number of phenols is 1. The number of ketones is 2. The highest BCUT2D eigenvalue weighted by molar-refractivity contribution is 6.22. The summed E-state index contributed by atoms with van der Waals surface area (Å²) in [5, 5.41) is 47.7. The van der Waals surface area contributed by atoms with Crippen LogP contribution >= 0.6 is 0 Å². The number of nitrogens with two attached hydrogens (primary N) is 1. The number of fused-ring (bicyclic) bond motifs is 3. The quantitative estimate of drug-likeness (QED) is 0.247. The molecule has 0 spiro atoms. The van der Waals surface area contributed by atoms with Crippen LogP contribution in [0.15, 0.2) is 83.6 Å². The van der Waals surface area contributed by atoms with Crippen LogP contribution in [0.5, 0.6) is 5.75 Å². The largest absolute Gasteiger partial charge is 0.508 e. The summed E-state index contributed by atoms with van der Waals surface area (Å²) in [6.45, 7) is 1.41. The molecule has 3 aromatic carbocycles. The van der Waals surface area contributed by atoms with E-state index in [1.54, 1.807) is 6.07 Å². The molecule has 42 heavy (non-hydrogen) atoms. The number of hydrogen-bond acceptors (Lipinski definition) is 8. The molecule has 1 saturated carbocycles. The molecular weight excluding hydrogens is 536 g/mol. The Hall–Kier alpha value is -4.73. The minimum atomic E-state index is -2.58. The number of amides is 1. The zero-order valence-electron chi connectivity index (χ0n) is 22.6. The molecule has 3 unspecified atom stereocenters. The summed E-state index contributed by atoms with van der Waals surface area (Å²) in [5.74, 6) is -6.41. The first kappa shape index (κ1) is 27.4. The first-order chi connectivity index (χ1) is 20.1. The minimum Gasteiger partial charge on any atom is -0.508 e. The molecule has 214 valence electrons. The van der Waals surface area contributed by atoms with Crippen LogP contribution in [-0.2, 0) is 33.9 Å². The van der Waals surface area contributed by atoms with Gasteiger partial charge in [0.05, 0.1) is 5.56 Å². The number of primary amides is 1. The maximum Gasteiger partial charge on any atom is 0.255 e. The van der Waals surface area contributed by atoms with E-state index in [1.807, 2.05) is 42.5 Å². The molecule has 0 aromatic heterocycles. The number of hydrogen-bond donors (Lipinski definition) is 6. The standard InChI is InChI=1S/C33H30N2O7/c34-32(41)28-25(37)14-21-12-20-13-23-22(19-8-6-18(7-9-19)16-35-15-17-4-2-1-3-5-17)10-11-24(36)27(23)29(38)26(20)30(39)33(21,42)31(28)40/h1-11,20-21,35-36,38,40,42H,12-16H2,(H2,34,41). The molecule has 6 rings (SSSR count). The highest BCUT2D eigenvalue weighted by Gasteiger charge is 2.60. The molecule has 1 amide bonds. The van der Waals surface area contributed by atoms with Crippen molar-refractivity contribution in [3.05, 3.63) is 106 Å². The van der Waals surface area contributed by atoms with Crippen LogP contribution in [-0.4, -0.2) is 43.5 Å². The summed E-state index contributed by atoms with van der Waals surface area (Å²) >= 11 is 0. The molecule has 0 radical (unpaired) electrons. The van der Waals surface area contributed by atoms with E-state index in [4.69, 9.17) is 5.73 Å². The van der Waals surface area contributed by atoms with Crippen molar-refractivity contribution < 1.29 is 34.8 Å². The topological polar surface area (TPSA) is 170 Å². The normalized spacial score (nSPS) is 23.4. The van der Waals surface area contributed by atoms with Gasteiger partial charge in [-0.2, -0.15) is 0 Å². The molecule has 9 heteroatoms. The minimum absolute atomic E-state index is 0.0771. The van der Waals surface area contributed by atoms with Crippen molar-refractivity contribution in [2.45, 2.75) is 38.0 Å². The third kappa shape index (κ3) is 4.29. The molecule has 0 saturated heterocycles. The van der Waals surface area contributed by atoms with Crippen LogP contribution in [0, 0.1) is 11.8 Å². The highest BCUT2D eigenvalue weighted by Crippen LogP contribution is 2.53. The van der Waals surface area contributed by atoms with Gasteiger partial charge in [0.25, 0.3) is 5.91 Å². The van der Waals surface area contributed by atoms with Gasteiger partial charge < -0.3 is 31.5 Å². The summed E-state index contributed by atoms with van der Waals surface area (Å²) in [7, 11) is 0. The fourth-order valence-electron chi connectivity index (χ4n) is 6.64. The molecule has 3 aliphatic rings. The van der Waals surface area contributed by atoms with Gasteiger partial charge in [0.1, 0.15) is 22.8 Å². The Morgan fingerprint density at radius 3 is 2.24 bits per heavy atom. The van der Waals surface area contributed by atoms with E-state index >= 15 is 0 Å². The predicted octanol–water partition coefficient (Wildman–Crippen LogP) is 3.38. The lowest BCUT2D eigenvalue weighted by Crippen LogP contribution is -2.58. The van der Waals surface area contributed by atoms with Gasteiger partial charge in [0.15, 0.2) is 11.4 Å². The highest BCUT2D eigenvalue weighted by atomic mass is 16.3. The number of benzene rings is 3. The van der Waals surface area contributed by atoms with Gasteiger partial charge in [0.2, 0.25) is 5.78 Å². The van der Waals surface area contributed by atoms with Gasteiger partial charge in [-0.05, 0) is 52.6 Å². The maximum atomic E-state index is 13.7. The Morgan fingerprint density at radius 1 is 0.905 bits per heavy atom. The molecule has 9 nitrogen and oxygen atoms in total. The Bertz CT molecular complexity index is 1690. The van der Waals surface area contributed by atoms with Crippen LogP contribution in [0.25, 0.3) is 16.9 Å². The molecule has 0 heterocycles. The van der Waals surface area contributed by atoms with E-state index in [2.05, 4.69) is 17.4 Å². The number of aliphatic hydroxyl groups is 3. The lowest BCUT2D eigenvalue weighted by atomic mass is 9.59. The lowest BCUT2D eigenvalue weighted by Gasteiger charge is -2.46.